The highest BCUT2D eigenvalue weighted by molar-refractivity contribution is 6.30. The van der Waals surface area contributed by atoms with Crippen LogP contribution in [0.5, 0.6) is 5.88 Å². The van der Waals surface area contributed by atoms with Crippen LogP contribution in [0.4, 0.5) is 13.2 Å². The molecule has 1 aromatic carbocycles. The van der Waals surface area contributed by atoms with Gasteiger partial charge in [0.05, 0.1) is 10.6 Å². The summed E-state index contributed by atoms with van der Waals surface area (Å²) >= 11 is 5.93. The number of aromatic nitrogens is 4. The van der Waals surface area contributed by atoms with E-state index in [1.165, 1.54) is 24.4 Å². The van der Waals surface area contributed by atoms with Gasteiger partial charge in [0.15, 0.2) is 11.6 Å². The van der Waals surface area contributed by atoms with Gasteiger partial charge in [0, 0.05) is 18.3 Å². The van der Waals surface area contributed by atoms with Crippen LogP contribution in [0.3, 0.4) is 0 Å². The van der Waals surface area contributed by atoms with Gasteiger partial charge in [-0.2, -0.15) is 8.78 Å². The minimum absolute atomic E-state index is 0.171. The van der Waals surface area contributed by atoms with E-state index in [0.29, 0.717) is 17.9 Å². The highest BCUT2D eigenvalue weighted by Gasteiger charge is 2.21. The Balaban J connectivity index is 2.15. The van der Waals surface area contributed by atoms with Crippen LogP contribution in [0, 0.1) is 5.82 Å². The molecule has 0 aliphatic rings. The summed E-state index contributed by atoms with van der Waals surface area (Å²) in [5, 5.41) is 8.33. The van der Waals surface area contributed by atoms with E-state index in [9.17, 15) is 13.2 Å². The minimum Gasteiger partial charge on any atom is -0.416 e. The number of halogens is 4. The van der Waals surface area contributed by atoms with Crippen molar-refractivity contribution >= 4 is 11.6 Å². The van der Waals surface area contributed by atoms with Gasteiger partial charge in [0.2, 0.25) is 5.88 Å². The van der Waals surface area contributed by atoms with Gasteiger partial charge in [-0.15, -0.1) is 10.2 Å². The maximum Gasteiger partial charge on any atom is 0.388 e. The summed E-state index contributed by atoms with van der Waals surface area (Å²) in [6.45, 7) is -0.816. The number of alkyl halides is 2. The molecule has 0 atom stereocenters. The van der Waals surface area contributed by atoms with Crippen molar-refractivity contribution in [2.75, 3.05) is 0 Å². The Morgan fingerprint density at radius 1 is 1.20 bits per heavy atom. The van der Waals surface area contributed by atoms with Gasteiger partial charge in [-0.25, -0.2) is 9.37 Å². The molecule has 130 valence electrons. The van der Waals surface area contributed by atoms with Gasteiger partial charge in [-0.3, -0.25) is 0 Å². The number of hydrogen-bond donors (Lipinski definition) is 0. The molecular weight excluding hydrogens is 357 g/mol. The van der Waals surface area contributed by atoms with Crippen molar-refractivity contribution in [2.45, 2.75) is 20.1 Å². The Labute approximate surface area is 146 Å². The summed E-state index contributed by atoms with van der Waals surface area (Å²) in [5.41, 5.74) is 0.678. The lowest BCUT2D eigenvalue weighted by Crippen LogP contribution is -2.07. The monoisotopic (exact) mass is 368 g/mol. The maximum atomic E-state index is 13.5. The van der Waals surface area contributed by atoms with Crippen LogP contribution in [-0.2, 0) is 6.54 Å². The first kappa shape index (κ1) is 17.2. The SMILES string of the molecule is CCn1c(-c2cccc(F)c2)nnc1-c1cc(Cl)cnc1OC(F)F. The van der Waals surface area contributed by atoms with Crippen LogP contribution in [0.1, 0.15) is 6.92 Å². The Morgan fingerprint density at radius 3 is 2.64 bits per heavy atom. The second kappa shape index (κ2) is 7.10. The first-order chi connectivity index (χ1) is 12.0. The van der Waals surface area contributed by atoms with E-state index in [2.05, 4.69) is 19.9 Å². The summed E-state index contributed by atoms with van der Waals surface area (Å²) in [6, 6.07) is 7.26. The Hall–Kier alpha value is -2.61. The number of pyridine rings is 1. The molecule has 9 heteroatoms. The molecule has 0 aliphatic heterocycles. The standard InChI is InChI=1S/C16H12ClF3N4O/c1-2-24-13(9-4-3-5-11(18)6-9)22-23-14(24)12-7-10(17)8-21-15(12)25-16(19)20/h3-8,16H,2H2,1H3. The van der Waals surface area contributed by atoms with Crippen molar-refractivity contribution < 1.29 is 17.9 Å². The normalized spacial score (nSPS) is 11.1. The summed E-state index contributed by atoms with van der Waals surface area (Å²) < 4.78 is 44.8. The highest BCUT2D eigenvalue weighted by atomic mass is 35.5. The molecule has 0 spiro atoms. The number of nitrogens with zero attached hydrogens (tertiary/aromatic N) is 4. The second-order valence-corrected chi connectivity index (χ2v) is 5.42. The first-order valence-corrected chi connectivity index (χ1v) is 7.67. The molecule has 3 rings (SSSR count). The molecule has 3 aromatic rings. The average Bonchev–Trinajstić information content (AvgIpc) is 3.00. The van der Waals surface area contributed by atoms with E-state index in [1.54, 1.807) is 16.7 Å². The zero-order chi connectivity index (χ0) is 18.0. The molecule has 2 aromatic heterocycles. The van der Waals surface area contributed by atoms with Gasteiger partial charge in [0.25, 0.3) is 0 Å². The van der Waals surface area contributed by atoms with Gasteiger partial charge in [0.1, 0.15) is 5.82 Å². The van der Waals surface area contributed by atoms with Gasteiger partial charge in [-0.05, 0) is 25.1 Å². The highest BCUT2D eigenvalue weighted by Crippen LogP contribution is 2.32. The van der Waals surface area contributed by atoms with Crippen molar-refractivity contribution in [1.29, 1.82) is 0 Å². The van der Waals surface area contributed by atoms with Gasteiger partial charge in [-0.1, -0.05) is 23.7 Å². The maximum absolute atomic E-state index is 13.5. The summed E-state index contributed by atoms with van der Waals surface area (Å²) in [7, 11) is 0. The van der Waals surface area contributed by atoms with Crippen molar-refractivity contribution in [3.63, 3.8) is 0 Å². The molecule has 0 radical (unpaired) electrons. The summed E-state index contributed by atoms with van der Waals surface area (Å²) in [5.74, 6) is -0.101. The first-order valence-electron chi connectivity index (χ1n) is 7.29. The predicted octanol–water partition coefficient (Wildman–Crippen LogP) is 4.42. The van der Waals surface area contributed by atoms with E-state index in [1.807, 2.05) is 6.92 Å². The zero-order valence-corrected chi connectivity index (χ0v) is 13.7. The van der Waals surface area contributed by atoms with Gasteiger partial charge >= 0.3 is 6.61 Å². The van der Waals surface area contributed by atoms with E-state index >= 15 is 0 Å². The number of ether oxygens (including phenoxy) is 1. The quantitative estimate of drug-likeness (QED) is 0.669. The summed E-state index contributed by atoms with van der Waals surface area (Å²) in [4.78, 5) is 3.79. The summed E-state index contributed by atoms with van der Waals surface area (Å²) in [6.07, 6.45) is 1.20. The Morgan fingerprint density at radius 2 is 1.96 bits per heavy atom. The largest absolute Gasteiger partial charge is 0.416 e. The molecule has 0 saturated carbocycles. The predicted molar refractivity (Wildman–Crippen MR) is 86.0 cm³/mol. The lowest BCUT2D eigenvalue weighted by Gasteiger charge is -2.11. The fraction of sp³-hybridized carbons (Fsp3) is 0.188. The number of rotatable bonds is 5. The third kappa shape index (κ3) is 3.58. The molecule has 25 heavy (non-hydrogen) atoms. The van der Waals surface area contributed by atoms with Crippen LogP contribution in [-0.4, -0.2) is 26.4 Å². The third-order valence-corrected chi connectivity index (χ3v) is 3.62. The van der Waals surface area contributed by atoms with Crippen LogP contribution in [0.15, 0.2) is 36.5 Å². The smallest absolute Gasteiger partial charge is 0.388 e. The second-order valence-electron chi connectivity index (χ2n) is 4.99. The van der Waals surface area contributed by atoms with Crippen LogP contribution in [0.25, 0.3) is 22.8 Å². The van der Waals surface area contributed by atoms with E-state index in [4.69, 9.17) is 11.6 Å². The topological polar surface area (TPSA) is 52.8 Å². The number of hydrogen-bond acceptors (Lipinski definition) is 4. The molecule has 2 heterocycles. The fourth-order valence-electron chi connectivity index (χ4n) is 2.41. The molecule has 0 aliphatic carbocycles. The molecule has 0 amide bonds. The molecule has 0 fully saturated rings. The van der Waals surface area contributed by atoms with Crippen molar-refractivity contribution in [3.8, 4) is 28.7 Å². The Bertz CT molecular complexity index is 901. The molecule has 5 nitrogen and oxygen atoms in total. The average molecular weight is 369 g/mol. The van der Waals surface area contributed by atoms with Crippen LogP contribution in [0.2, 0.25) is 5.02 Å². The van der Waals surface area contributed by atoms with E-state index < -0.39 is 12.4 Å². The molecular formula is C16H12ClF3N4O. The Kier molecular flexibility index (Phi) is 4.89. The third-order valence-electron chi connectivity index (χ3n) is 3.41. The van der Waals surface area contributed by atoms with Crippen molar-refractivity contribution in [3.05, 3.63) is 47.4 Å². The van der Waals surface area contributed by atoms with Crippen molar-refractivity contribution in [1.82, 2.24) is 19.7 Å². The van der Waals surface area contributed by atoms with Crippen molar-refractivity contribution in [2.24, 2.45) is 0 Å². The lowest BCUT2D eigenvalue weighted by atomic mass is 10.2. The fourth-order valence-corrected chi connectivity index (χ4v) is 2.57. The number of benzene rings is 1. The minimum atomic E-state index is -3.05. The molecule has 0 bridgehead atoms. The van der Waals surface area contributed by atoms with E-state index in [-0.39, 0.29) is 22.3 Å². The lowest BCUT2D eigenvalue weighted by molar-refractivity contribution is -0.0524. The van der Waals surface area contributed by atoms with Gasteiger partial charge < -0.3 is 9.30 Å². The molecule has 0 unspecified atom stereocenters. The molecule has 0 saturated heterocycles. The van der Waals surface area contributed by atoms with E-state index in [0.717, 1.165) is 0 Å². The molecule has 0 N–H and O–H groups in total. The van der Waals surface area contributed by atoms with Crippen LogP contribution < -0.4 is 4.74 Å². The van der Waals surface area contributed by atoms with Crippen LogP contribution >= 0.6 is 11.6 Å². The zero-order valence-electron chi connectivity index (χ0n) is 13.0.